The van der Waals surface area contributed by atoms with E-state index in [1.54, 1.807) is 0 Å². The van der Waals surface area contributed by atoms with Crippen molar-refractivity contribution >= 4 is 32.7 Å². The molecule has 1 aliphatic carbocycles. The van der Waals surface area contributed by atoms with Gasteiger partial charge in [-0.05, 0) is 86.3 Å². The van der Waals surface area contributed by atoms with Crippen molar-refractivity contribution in [2.24, 2.45) is 0 Å². The Bertz CT molecular complexity index is 1550. The molecule has 33 heavy (non-hydrogen) atoms. The Morgan fingerprint density at radius 3 is 1.97 bits per heavy atom. The summed E-state index contributed by atoms with van der Waals surface area (Å²) < 4.78 is 0. The van der Waals surface area contributed by atoms with Gasteiger partial charge in [0.25, 0.3) is 0 Å². The Kier molecular flexibility index (Phi) is 4.92. The number of aryl methyl sites for hydroxylation is 1. The van der Waals surface area contributed by atoms with Crippen LogP contribution in [0.5, 0.6) is 0 Å². The fourth-order valence-corrected chi connectivity index (χ4v) is 5.19. The van der Waals surface area contributed by atoms with Gasteiger partial charge in [0.2, 0.25) is 0 Å². The van der Waals surface area contributed by atoms with Gasteiger partial charge >= 0.3 is 0 Å². The molecule has 0 aromatic heterocycles. The summed E-state index contributed by atoms with van der Waals surface area (Å²) >= 11 is 0. The van der Waals surface area contributed by atoms with Crippen LogP contribution in [0.4, 0.5) is 0 Å². The van der Waals surface area contributed by atoms with Gasteiger partial charge < -0.3 is 0 Å². The lowest BCUT2D eigenvalue weighted by atomic mass is 9.86. The van der Waals surface area contributed by atoms with Crippen LogP contribution in [0, 0.1) is 6.92 Å². The molecular weight excluding hydrogens is 396 g/mol. The van der Waals surface area contributed by atoms with Crippen LogP contribution >= 0.6 is 0 Å². The number of hydrogen-bond donors (Lipinski definition) is 0. The van der Waals surface area contributed by atoms with Crippen molar-refractivity contribution in [2.75, 3.05) is 0 Å². The lowest BCUT2D eigenvalue weighted by Crippen LogP contribution is -1.96. The monoisotopic (exact) mass is 422 g/mol. The van der Waals surface area contributed by atoms with E-state index in [2.05, 4.69) is 122 Å². The smallest absolute Gasteiger partial charge is 0.0105 e. The number of rotatable bonds is 3. The molecule has 0 heterocycles. The predicted octanol–water partition coefficient (Wildman–Crippen LogP) is 9.23. The average Bonchev–Trinajstić information content (AvgIpc) is 2.88. The third kappa shape index (κ3) is 3.58. The zero-order valence-electron chi connectivity index (χ0n) is 18.9. The average molecular weight is 423 g/mol. The first-order valence-electron chi connectivity index (χ1n) is 11.8. The molecule has 1 aliphatic rings. The van der Waals surface area contributed by atoms with Crippen LogP contribution in [0.25, 0.3) is 43.8 Å². The van der Waals surface area contributed by atoms with Crippen molar-refractivity contribution in [1.82, 2.24) is 0 Å². The van der Waals surface area contributed by atoms with E-state index in [1.165, 1.54) is 60.5 Å². The van der Waals surface area contributed by atoms with Gasteiger partial charge in [-0.1, -0.05) is 109 Å². The third-order valence-electron chi connectivity index (χ3n) is 6.89. The molecule has 0 saturated carbocycles. The lowest BCUT2D eigenvalue weighted by Gasteiger charge is -2.18. The highest BCUT2D eigenvalue weighted by Gasteiger charge is 2.14. The Balaban J connectivity index is 1.46. The molecule has 0 spiro atoms. The molecule has 5 aromatic rings. The van der Waals surface area contributed by atoms with Gasteiger partial charge in [-0.2, -0.15) is 0 Å². The van der Waals surface area contributed by atoms with Gasteiger partial charge in [-0.3, -0.25) is 0 Å². The first kappa shape index (κ1) is 19.8. The van der Waals surface area contributed by atoms with Crippen LogP contribution in [-0.4, -0.2) is 0 Å². The van der Waals surface area contributed by atoms with Crippen molar-refractivity contribution < 1.29 is 0 Å². The maximum absolute atomic E-state index is 2.42. The lowest BCUT2D eigenvalue weighted by molar-refractivity contribution is 1.06. The standard InChI is InChI=1S/C33H26/c1-23-19-20-28(32-18-8-12-25-10-3-5-16-30(25)32)22-33(23)27-14-6-13-26(21-27)31-17-7-11-24-9-2-4-15-29(24)31/h2-5,7-12,14-22H,6,13H2,1H3. The molecule has 0 N–H and O–H groups in total. The summed E-state index contributed by atoms with van der Waals surface area (Å²) in [6, 6.07) is 37.5. The zero-order chi connectivity index (χ0) is 22.2. The quantitative estimate of drug-likeness (QED) is 0.272. The second-order valence-corrected chi connectivity index (χ2v) is 8.95. The second kappa shape index (κ2) is 8.22. The summed E-state index contributed by atoms with van der Waals surface area (Å²) in [5.74, 6) is 0. The van der Waals surface area contributed by atoms with Gasteiger partial charge in [0.1, 0.15) is 0 Å². The molecule has 0 nitrogen and oxygen atoms in total. The van der Waals surface area contributed by atoms with E-state index >= 15 is 0 Å². The Morgan fingerprint density at radius 2 is 1.21 bits per heavy atom. The van der Waals surface area contributed by atoms with Crippen LogP contribution in [0.15, 0.2) is 115 Å². The van der Waals surface area contributed by atoms with Crippen molar-refractivity contribution in [3.05, 3.63) is 132 Å². The molecule has 6 rings (SSSR count). The fraction of sp³-hybridized carbons (Fsp3) is 0.0909. The summed E-state index contributed by atoms with van der Waals surface area (Å²) in [7, 11) is 0. The van der Waals surface area contributed by atoms with Gasteiger partial charge in [0.05, 0.1) is 0 Å². The SMILES string of the molecule is Cc1ccc(-c2cccc3ccccc23)cc1C1=CCCC(c2cccc3ccccc23)=C1. The maximum atomic E-state index is 2.42. The predicted molar refractivity (Wildman–Crippen MR) is 143 cm³/mol. The molecule has 158 valence electrons. The third-order valence-corrected chi connectivity index (χ3v) is 6.89. The van der Waals surface area contributed by atoms with Gasteiger partial charge in [0, 0.05) is 0 Å². The van der Waals surface area contributed by atoms with Crippen LogP contribution in [0.3, 0.4) is 0 Å². The first-order chi connectivity index (χ1) is 16.3. The number of fused-ring (bicyclic) bond motifs is 2. The summed E-state index contributed by atoms with van der Waals surface area (Å²) in [5.41, 5.74) is 9.35. The minimum Gasteiger partial charge on any atom is -0.0763 e. The summed E-state index contributed by atoms with van der Waals surface area (Å²) in [6.07, 6.45) is 6.98. The first-order valence-corrected chi connectivity index (χ1v) is 11.8. The highest BCUT2D eigenvalue weighted by molar-refractivity contribution is 5.99. The zero-order valence-corrected chi connectivity index (χ0v) is 18.9. The van der Waals surface area contributed by atoms with Crippen LogP contribution < -0.4 is 0 Å². The topological polar surface area (TPSA) is 0 Å². The molecule has 0 heteroatoms. The molecule has 0 unspecified atom stereocenters. The van der Waals surface area contributed by atoms with Gasteiger partial charge in [-0.15, -0.1) is 0 Å². The highest BCUT2D eigenvalue weighted by Crippen LogP contribution is 2.37. The summed E-state index contributed by atoms with van der Waals surface area (Å²) in [6.45, 7) is 2.23. The molecule has 0 amide bonds. The molecular formula is C33H26. The molecule has 0 fully saturated rings. The highest BCUT2D eigenvalue weighted by atomic mass is 14.2. The van der Waals surface area contributed by atoms with Crippen LogP contribution in [0.2, 0.25) is 0 Å². The van der Waals surface area contributed by atoms with Crippen molar-refractivity contribution in [3.8, 4) is 11.1 Å². The second-order valence-electron chi connectivity index (χ2n) is 8.95. The van der Waals surface area contributed by atoms with E-state index in [0.29, 0.717) is 0 Å². The van der Waals surface area contributed by atoms with Crippen LogP contribution in [-0.2, 0) is 0 Å². The summed E-state index contributed by atoms with van der Waals surface area (Å²) in [4.78, 5) is 0. The van der Waals surface area contributed by atoms with E-state index < -0.39 is 0 Å². The largest absolute Gasteiger partial charge is 0.0763 e. The van der Waals surface area contributed by atoms with E-state index in [0.717, 1.165) is 12.8 Å². The van der Waals surface area contributed by atoms with Gasteiger partial charge in [-0.25, -0.2) is 0 Å². The summed E-state index contributed by atoms with van der Waals surface area (Å²) in [5, 5.41) is 5.24. The Hall–Kier alpha value is -3.90. The van der Waals surface area contributed by atoms with E-state index in [1.807, 2.05) is 0 Å². The fourth-order valence-electron chi connectivity index (χ4n) is 5.19. The van der Waals surface area contributed by atoms with Crippen molar-refractivity contribution in [2.45, 2.75) is 19.8 Å². The minimum absolute atomic E-state index is 1.07. The Morgan fingerprint density at radius 1 is 0.576 bits per heavy atom. The number of hydrogen-bond acceptors (Lipinski definition) is 0. The maximum Gasteiger partial charge on any atom is -0.0105 e. The van der Waals surface area contributed by atoms with Crippen molar-refractivity contribution in [3.63, 3.8) is 0 Å². The molecule has 0 aliphatic heterocycles. The molecule has 0 radical (unpaired) electrons. The molecule has 0 atom stereocenters. The number of benzene rings is 5. The number of allylic oxidation sites excluding steroid dienone is 4. The van der Waals surface area contributed by atoms with Crippen LogP contribution in [0.1, 0.15) is 29.5 Å². The van der Waals surface area contributed by atoms with E-state index in [9.17, 15) is 0 Å². The van der Waals surface area contributed by atoms with Crippen molar-refractivity contribution in [1.29, 1.82) is 0 Å². The van der Waals surface area contributed by atoms with Gasteiger partial charge in [0.15, 0.2) is 0 Å². The van der Waals surface area contributed by atoms with E-state index in [-0.39, 0.29) is 0 Å². The molecule has 5 aromatic carbocycles. The molecule has 0 bridgehead atoms. The molecule has 0 saturated heterocycles. The van der Waals surface area contributed by atoms with E-state index in [4.69, 9.17) is 0 Å². The normalized spacial score (nSPS) is 13.7. The Labute approximate surface area is 195 Å². The minimum atomic E-state index is 1.07.